The van der Waals surface area contributed by atoms with Crippen molar-refractivity contribution in [1.82, 2.24) is 4.90 Å². The first-order valence-electron chi connectivity index (χ1n) is 7.81. The lowest BCUT2D eigenvalue weighted by molar-refractivity contribution is -0.155. The summed E-state index contributed by atoms with van der Waals surface area (Å²) in [6, 6.07) is 6.58. The van der Waals surface area contributed by atoms with Gasteiger partial charge in [0.2, 0.25) is 11.8 Å². The molecule has 2 atom stereocenters. The van der Waals surface area contributed by atoms with Crippen LogP contribution in [-0.2, 0) is 14.3 Å². The number of nitrogens with one attached hydrogen (secondary N) is 1. The number of hydrogen-bond acceptors (Lipinski definition) is 4. The van der Waals surface area contributed by atoms with Gasteiger partial charge in [-0.1, -0.05) is 26.0 Å². The maximum atomic E-state index is 12.1. The van der Waals surface area contributed by atoms with Gasteiger partial charge in [0.25, 0.3) is 0 Å². The second kappa shape index (κ2) is 7.57. The van der Waals surface area contributed by atoms with Crippen molar-refractivity contribution in [1.29, 1.82) is 0 Å². The van der Waals surface area contributed by atoms with Crippen LogP contribution in [0.3, 0.4) is 0 Å². The normalized spacial score (nSPS) is 19.8. The standard InChI is InChI=1S/C17H24N2O4/c1-11(2)8-19-15(9-23-10-16(19)21)17(22)13-4-6-14(7-5-13)18-12(3)20/h4-7,11,15,17,22H,8-10H2,1-3H3,(H,18,20)/t15-,17-/m1/s1. The summed E-state index contributed by atoms with van der Waals surface area (Å²) in [6.45, 7) is 6.48. The summed E-state index contributed by atoms with van der Waals surface area (Å²) in [6.07, 6.45) is -0.829. The van der Waals surface area contributed by atoms with E-state index in [1.165, 1.54) is 6.92 Å². The van der Waals surface area contributed by atoms with Crippen molar-refractivity contribution in [3.05, 3.63) is 29.8 Å². The minimum absolute atomic E-state index is 0.0669. The van der Waals surface area contributed by atoms with Gasteiger partial charge in [0.05, 0.1) is 12.6 Å². The van der Waals surface area contributed by atoms with Gasteiger partial charge < -0.3 is 20.1 Å². The van der Waals surface area contributed by atoms with Crippen LogP contribution >= 0.6 is 0 Å². The second-order valence-corrected chi connectivity index (χ2v) is 6.27. The molecule has 2 amide bonds. The molecule has 2 N–H and O–H groups in total. The Hall–Kier alpha value is -1.92. The molecule has 2 rings (SSSR count). The molecule has 6 nitrogen and oxygen atoms in total. The highest BCUT2D eigenvalue weighted by atomic mass is 16.5. The smallest absolute Gasteiger partial charge is 0.249 e. The maximum absolute atomic E-state index is 12.1. The molecule has 0 bridgehead atoms. The lowest BCUT2D eigenvalue weighted by Gasteiger charge is -2.39. The number of carbonyl (C=O) groups excluding carboxylic acids is 2. The molecule has 1 aliphatic heterocycles. The van der Waals surface area contributed by atoms with Gasteiger partial charge in [-0.2, -0.15) is 0 Å². The molecule has 0 saturated carbocycles. The van der Waals surface area contributed by atoms with Crippen LogP contribution in [0.5, 0.6) is 0 Å². The van der Waals surface area contributed by atoms with Gasteiger partial charge in [-0.15, -0.1) is 0 Å². The number of aliphatic hydroxyl groups is 1. The molecule has 0 unspecified atom stereocenters. The topological polar surface area (TPSA) is 78.9 Å². The molecule has 1 fully saturated rings. The number of amides is 2. The Balaban J connectivity index is 2.14. The van der Waals surface area contributed by atoms with Crippen LogP contribution in [0.4, 0.5) is 5.69 Å². The predicted molar refractivity (Wildman–Crippen MR) is 86.9 cm³/mol. The SMILES string of the molecule is CC(=O)Nc1ccc([C@@H](O)[C@H]2COCC(=O)N2CC(C)C)cc1. The van der Waals surface area contributed by atoms with Crippen molar-refractivity contribution < 1.29 is 19.4 Å². The average Bonchev–Trinajstić information content (AvgIpc) is 2.48. The fraction of sp³-hybridized carbons (Fsp3) is 0.529. The molecular formula is C17H24N2O4. The number of rotatable bonds is 5. The van der Waals surface area contributed by atoms with E-state index in [1.54, 1.807) is 29.2 Å². The molecule has 1 aliphatic rings. The zero-order chi connectivity index (χ0) is 17.0. The number of nitrogens with zero attached hydrogens (tertiary/aromatic N) is 1. The Kier molecular flexibility index (Phi) is 5.74. The van der Waals surface area contributed by atoms with Gasteiger partial charge in [0, 0.05) is 19.2 Å². The number of aliphatic hydroxyl groups excluding tert-OH is 1. The third-order valence-corrected chi connectivity index (χ3v) is 3.73. The first-order chi connectivity index (χ1) is 10.9. The molecular weight excluding hydrogens is 296 g/mol. The minimum atomic E-state index is -0.829. The minimum Gasteiger partial charge on any atom is -0.386 e. The number of anilines is 1. The Labute approximate surface area is 136 Å². The lowest BCUT2D eigenvalue weighted by Crippen LogP contribution is -2.53. The average molecular weight is 320 g/mol. The highest BCUT2D eigenvalue weighted by molar-refractivity contribution is 5.88. The Morgan fingerprint density at radius 1 is 1.39 bits per heavy atom. The third-order valence-electron chi connectivity index (χ3n) is 3.73. The van der Waals surface area contributed by atoms with Crippen molar-refractivity contribution in [3.8, 4) is 0 Å². The Bertz CT molecular complexity index is 556. The summed E-state index contributed by atoms with van der Waals surface area (Å²) < 4.78 is 5.32. The van der Waals surface area contributed by atoms with Gasteiger partial charge in [-0.05, 0) is 23.6 Å². The molecule has 0 aliphatic carbocycles. The van der Waals surface area contributed by atoms with Crippen molar-refractivity contribution >= 4 is 17.5 Å². The van der Waals surface area contributed by atoms with Crippen LogP contribution < -0.4 is 5.32 Å². The van der Waals surface area contributed by atoms with Crippen LogP contribution in [0.25, 0.3) is 0 Å². The monoisotopic (exact) mass is 320 g/mol. The van der Waals surface area contributed by atoms with Gasteiger partial charge in [0.15, 0.2) is 0 Å². The molecule has 1 aromatic rings. The molecule has 1 heterocycles. The number of benzene rings is 1. The van der Waals surface area contributed by atoms with E-state index in [4.69, 9.17) is 4.74 Å². The van der Waals surface area contributed by atoms with E-state index in [9.17, 15) is 14.7 Å². The maximum Gasteiger partial charge on any atom is 0.249 e. The summed E-state index contributed by atoms with van der Waals surface area (Å²) in [5.41, 5.74) is 1.36. The summed E-state index contributed by atoms with van der Waals surface area (Å²) in [7, 11) is 0. The quantitative estimate of drug-likeness (QED) is 0.863. The Morgan fingerprint density at radius 3 is 2.61 bits per heavy atom. The van der Waals surface area contributed by atoms with E-state index in [-0.39, 0.29) is 18.4 Å². The van der Waals surface area contributed by atoms with E-state index >= 15 is 0 Å². The van der Waals surface area contributed by atoms with Crippen LogP contribution in [-0.4, -0.2) is 47.6 Å². The summed E-state index contributed by atoms with van der Waals surface area (Å²) >= 11 is 0. The first kappa shape index (κ1) is 17.4. The summed E-state index contributed by atoms with van der Waals surface area (Å²) in [4.78, 5) is 24.8. The number of morpholine rings is 1. The number of ether oxygens (including phenoxy) is 1. The van der Waals surface area contributed by atoms with E-state index < -0.39 is 12.1 Å². The molecule has 1 saturated heterocycles. The van der Waals surface area contributed by atoms with E-state index in [0.717, 1.165) is 0 Å². The molecule has 1 aromatic carbocycles. The molecule has 23 heavy (non-hydrogen) atoms. The zero-order valence-corrected chi connectivity index (χ0v) is 13.8. The van der Waals surface area contributed by atoms with Crippen molar-refractivity contribution in [3.63, 3.8) is 0 Å². The fourth-order valence-corrected chi connectivity index (χ4v) is 2.71. The molecule has 0 spiro atoms. The van der Waals surface area contributed by atoms with Crippen LogP contribution in [0.15, 0.2) is 24.3 Å². The van der Waals surface area contributed by atoms with E-state index in [1.807, 2.05) is 13.8 Å². The number of hydrogen-bond donors (Lipinski definition) is 2. The van der Waals surface area contributed by atoms with Crippen LogP contribution in [0.2, 0.25) is 0 Å². The Morgan fingerprint density at radius 2 is 2.04 bits per heavy atom. The lowest BCUT2D eigenvalue weighted by atomic mass is 9.99. The van der Waals surface area contributed by atoms with Crippen molar-refractivity contribution in [2.45, 2.75) is 32.9 Å². The molecule has 0 aromatic heterocycles. The molecule has 0 radical (unpaired) electrons. The number of carbonyl (C=O) groups is 2. The van der Waals surface area contributed by atoms with Crippen molar-refractivity contribution in [2.24, 2.45) is 5.92 Å². The summed E-state index contributed by atoms with van der Waals surface area (Å²) in [5.74, 6) is 0.0745. The van der Waals surface area contributed by atoms with Crippen LogP contribution in [0.1, 0.15) is 32.4 Å². The van der Waals surface area contributed by atoms with Gasteiger partial charge in [0.1, 0.15) is 12.7 Å². The third kappa shape index (κ3) is 4.53. The van der Waals surface area contributed by atoms with Gasteiger partial charge in [-0.3, -0.25) is 9.59 Å². The summed E-state index contributed by atoms with van der Waals surface area (Å²) in [5, 5.41) is 13.3. The van der Waals surface area contributed by atoms with E-state index in [2.05, 4.69) is 5.32 Å². The molecule has 126 valence electrons. The first-order valence-corrected chi connectivity index (χ1v) is 7.81. The van der Waals surface area contributed by atoms with Gasteiger partial charge in [-0.25, -0.2) is 0 Å². The zero-order valence-electron chi connectivity index (χ0n) is 13.8. The highest BCUT2D eigenvalue weighted by Crippen LogP contribution is 2.26. The molecule has 6 heteroatoms. The van der Waals surface area contributed by atoms with Gasteiger partial charge >= 0.3 is 0 Å². The highest BCUT2D eigenvalue weighted by Gasteiger charge is 2.34. The largest absolute Gasteiger partial charge is 0.386 e. The second-order valence-electron chi connectivity index (χ2n) is 6.27. The predicted octanol–water partition coefficient (Wildman–Crippen LogP) is 1.56. The van der Waals surface area contributed by atoms with Crippen LogP contribution in [0, 0.1) is 5.92 Å². The van der Waals surface area contributed by atoms with E-state index in [0.29, 0.717) is 30.3 Å². The fourth-order valence-electron chi connectivity index (χ4n) is 2.71. The van der Waals surface area contributed by atoms with Crippen molar-refractivity contribution in [2.75, 3.05) is 25.1 Å².